The molecule has 126 valence electrons. The minimum atomic E-state index is -0.433. The van der Waals surface area contributed by atoms with Crippen LogP contribution in [0.2, 0.25) is 0 Å². The molecule has 0 aliphatic heterocycles. The Labute approximate surface area is 130 Å². The van der Waals surface area contributed by atoms with E-state index in [2.05, 4.69) is 12.2 Å². The highest BCUT2D eigenvalue weighted by Gasteiger charge is 2.19. The van der Waals surface area contributed by atoms with E-state index >= 15 is 0 Å². The fourth-order valence-electron chi connectivity index (χ4n) is 2.92. The van der Waals surface area contributed by atoms with Crippen molar-refractivity contribution >= 4 is 0 Å². The molecule has 4 heteroatoms. The van der Waals surface area contributed by atoms with E-state index in [-0.39, 0.29) is 6.10 Å². The van der Waals surface area contributed by atoms with Crippen molar-refractivity contribution in [1.29, 1.82) is 0 Å². The molecule has 1 fully saturated rings. The third-order valence-electron chi connectivity index (χ3n) is 4.27. The largest absolute Gasteiger partial charge is 0.389 e. The summed E-state index contributed by atoms with van der Waals surface area (Å²) in [7, 11) is 0. The molecular formula is C17H35NO3. The van der Waals surface area contributed by atoms with Gasteiger partial charge in [0.25, 0.3) is 0 Å². The number of hydrogen-bond acceptors (Lipinski definition) is 4. The highest BCUT2D eigenvalue weighted by atomic mass is 16.5. The molecule has 1 rings (SSSR count). The number of rotatable bonds is 10. The van der Waals surface area contributed by atoms with Crippen LogP contribution >= 0.6 is 0 Å². The molecule has 0 aromatic carbocycles. The Balaban J connectivity index is 2.04. The second-order valence-corrected chi connectivity index (χ2v) is 6.60. The van der Waals surface area contributed by atoms with Crippen molar-refractivity contribution in [3.8, 4) is 0 Å². The Kier molecular flexibility index (Phi) is 10.3. The normalized spacial score (nSPS) is 20.4. The first kappa shape index (κ1) is 18.9. The van der Waals surface area contributed by atoms with E-state index in [1.807, 2.05) is 13.8 Å². The van der Waals surface area contributed by atoms with E-state index in [0.29, 0.717) is 32.4 Å². The molecule has 2 N–H and O–H groups in total. The van der Waals surface area contributed by atoms with Gasteiger partial charge in [0, 0.05) is 12.6 Å². The van der Waals surface area contributed by atoms with Crippen LogP contribution in [0.4, 0.5) is 0 Å². The predicted octanol–water partition coefficient (Wildman–Crippen LogP) is 2.74. The lowest BCUT2D eigenvalue weighted by molar-refractivity contribution is -0.0108. The molecule has 1 aliphatic rings. The van der Waals surface area contributed by atoms with Gasteiger partial charge >= 0.3 is 0 Å². The summed E-state index contributed by atoms with van der Waals surface area (Å²) < 4.78 is 10.8. The Bertz CT molecular complexity index is 240. The molecule has 0 aromatic rings. The van der Waals surface area contributed by atoms with Crippen molar-refractivity contribution in [3.05, 3.63) is 0 Å². The van der Waals surface area contributed by atoms with Gasteiger partial charge in [-0.25, -0.2) is 0 Å². The van der Waals surface area contributed by atoms with Gasteiger partial charge in [-0.2, -0.15) is 0 Å². The summed E-state index contributed by atoms with van der Waals surface area (Å²) in [5, 5.41) is 13.4. The smallest absolute Gasteiger partial charge is 0.0897 e. The van der Waals surface area contributed by atoms with Crippen LogP contribution in [0.5, 0.6) is 0 Å². The van der Waals surface area contributed by atoms with Crippen molar-refractivity contribution in [1.82, 2.24) is 5.32 Å². The van der Waals surface area contributed by atoms with Crippen LogP contribution in [-0.4, -0.2) is 49.7 Å². The summed E-state index contributed by atoms with van der Waals surface area (Å²) in [6.45, 7) is 8.40. The van der Waals surface area contributed by atoms with Gasteiger partial charge in [0.1, 0.15) is 0 Å². The van der Waals surface area contributed by atoms with Gasteiger partial charge in [0.05, 0.1) is 32.0 Å². The average molecular weight is 301 g/mol. The van der Waals surface area contributed by atoms with Gasteiger partial charge in [-0.3, -0.25) is 0 Å². The van der Waals surface area contributed by atoms with Crippen LogP contribution in [0.15, 0.2) is 0 Å². The van der Waals surface area contributed by atoms with E-state index in [0.717, 1.165) is 5.92 Å². The standard InChI is InChI=1S/C17H35NO3/c1-14(2)21-11-10-20-13-17(19)12-18-15(3)16-8-6-4-5-7-9-16/h14-19H,4-13H2,1-3H3/t15-,17?/m1/s1. The number of aliphatic hydroxyl groups excluding tert-OH is 1. The Morgan fingerprint density at radius 2 is 1.71 bits per heavy atom. The number of hydrogen-bond donors (Lipinski definition) is 2. The maximum absolute atomic E-state index is 9.93. The quantitative estimate of drug-likeness (QED) is 0.481. The van der Waals surface area contributed by atoms with Crippen LogP contribution in [-0.2, 0) is 9.47 Å². The minimum Gasteiger partial charge on any atom is -0.389 e. The molecule has 0 amide bonds. The fourth-order valence-corrected chi connectivity index (χ4v) is 2.92. The van der Waals surface area contributed by atoms with Crippen molar-refractivity contribution < 1.29 is 14.6 Å². The number of ether oxygens (including phenoxy) is 2. The molecule has 1 saturated carbocycles. The highest BCUT2D eigenvalue weighted by molar-refractivity contribution is 4.76. The van der Waals surface area contributed by atoms with Gasteiger partial charge in [0.2, 0.25) is 0 Å². The van der Waals surface area contributed by atoms with E-state index in [1.165, 1.54) is 38.5 Å². The summed E-state index contributed by atoms with van der Waals surface area (Å²) in [4.78, 5) is 0. The van der Waals surface area contributed by atoms with Crippen molar-refractivity contribution in [2.75, 3.05) is 26.4 Å². The van der Waals surface area contributed by atoms with Crippen LogP contribution < -0.4 is 5.32 Å². The zero-order chi connectivity index (χ0) is 15.5. The average Bonchev–Trinajstić information content (AvgIpc) is 2.73. The molecule has 0 radical (unpaired) electrons. The first-order valence-corrected chi connectivity index (χ1v) is 8.70. The van der Waals surface area contributed by atoms with Crippen molar-refractivity contribution in [3.63, 3.8) is 0 Å². The Hall–Kier alpha value is -0.160. The van der Waals surface area contributed by atoms with E-state index in [4.69, 9.17) is 9.47 Å². The summed E-state index contributed by atoms with van der Waals surface area (Å²) >= 11 is 0. The number of aliphatic hydroxyl groups is 1. The van der Waals surface area contributed by atoms with Crippen LogP contribution in [0, 0.1) is 5.92 Å². The van der Waals surface area contributed by atoms with Crippen LogP contribution in [0.1, 0.15) is 59.3 Å². The summed E-state index contributed by atoms with van der Waals surface area (Å²) in [5.41, 5.74) is 0. The lowest BCUT2D eigenvalue weighted by Gasteiger charge is -2.25. The minimum absolute atomic E-state index is 0.237. The molecule has 1 unspecified atom stereocenters. The van der Waals surface area contributed by atoms with Gasteiger partial charge in [-0.05, 0) is 39.5 Å². The number of nitrogens with one attached hydrogen (secondary N) is 1. The molecule has 0 heterocycles. The monoisotopic (exact) mass is 301 g/mol. The molecule has 21 heavy (non-hydrogen) atoms. The van der Waals surface area contributed by atoms with Gasteiger partial charge < -0.3 is 19.9 Å². The lowest BCUT2D eigenvalue weighted by Crippen LogP contribution is -2.40. The summed E-state index contributed by atoms with van der Waals surface area (Å²) in [6.07, 6.45) is 7.95. The highest BCUT2D eigenvalue weighted by Crippen LogP contribution is 2.25. The van der Waals surface area contributed by atoms with E-state index < -0.39 is 6.10 Å². The second kappa shape index (κ2) is 11.4. The molecule has 2 atom stereocenters. The van der Waals surface area contributed by atoms with Gasteiger partial charge in [-0.1, -0.05) is 25.7 Å². The van der Waals surface area contributed by atoms with Crippen molar-refractivity contribution in [2.45, 2.75) is 77.5 Å². The molecule has 0 saturated heterocycles. The third-order valence-corrected chi connectivity index (χ3v) is 4.27. The molecule has 4 nitrogen and oxygen atoms in total. The van der Waals surface area contributed by atoms with E-state index in [1.54, 1.807) is 0 Å². The van der Waals surface area contributed by atoms with Gasteiger partial charge in [0.15, 0.2) is 0 Å². The van der Waals surface area contributed by atoms with Crippen molar-refractivity contribution in [2.24, 2.45) is 5.92 Å². The van der Waals surface area contributed by atoms with Crippen LogP contribution in [0.3, 0.4) is 0 Å². The first-order valence-electron chi connectivity index (χ1n) is 8.70. The molecule has 0 aromatic heterocycles. The fraction of sp³-hybridized carbons (Fsp3) is 1.00. The first-order chi connectivity index (χ1) is 10.1. The second-order valence-electron chi connectivity index (χ2n) is 6.60. The zero-order valence-electron chi connectivity index (χ0n) is 14.1. The summed E-state index contributed by atoms with van der Waals surface area (Å²) in [6, 6.07) is 0.488. The Morgan fingerprint density at radius 1 is 1.05 bits per heavy atom. The van der Waals surface area contributed by atoms with E-state index in [9.17, 15) is 5.11 Å². The predicted molar refractivity (Wildman–Crippen MR) is 86.6 cm³/mol. The molecule has 0 spiro atoms. The topological polar surface area (TPSA) is 50.7 Å². The lowest BCUT2D eigenvalue weighted by atomic mass is 9.93. The van der Waals surface area contributed by atoms with Gasteiger partial charge in [-0.15, -0.1) is 0 Å². The maximum atomic E-state index is 9.93. The summed E-state index contributed by atoms with van der Waals surface area (Å²) in [5.74, 6) is 0.764. The molecule has 1 aliphatic carbocycles. The maximum Gasteiger partial charge on any atom is 0.0897 e. The zero-order valence-corrected chi connectivity index (χ0v) is 14.1. The van der Waals surface area contributed by atoms with Crippen LogP contribution in [0.25, 0.3) is 0 Å². The Morgan fingerprint density at radius 3 is 2.33 bits per heavy atom. The molecular weight excluding hydrogens is 266 g/mol. The molecule has 0 bridgehead atoms. The third kappa shape index (κ3) is 9.46. The SMILES string of the molecule is CC(C)OCCOCC(O)CN[C@H](C)C1CCCCCC1.